The summed E-state index contributed by atoms with van der Waals surface area (Å²) < 4.78 is 18.6. The molecule has 1 aromatic heterocycles. The lowest BCUT2D eigenvalue weighted by Crippen LogP contribution is -2.28. The Bertz CT molecular complexity index is 1040. The van der Waals surface area contributed by atoms with E-state index in [1.165, 1.54) is 0 Å². The van der Waals surface area contributed by atoms with Crippen molar-refractivity contribution in [3.8, 4) is 5.75 Å². The molecule has 1 N–H and O–H groups in total. The predicted octanol–water partition coefficient (Wildman–Crippen LogP) is 3.64. The van der Waals surface area contributed by atoms with Gasteiger partial charge in [-0.05, 0) is 42.7 Å². The number of carbonyl (C=O) groups is 1. The molecular formula is C22H22N4O4. The number of fused-ring (bicyclic) bond motifs is 2. The Hall–Kier alpha value is -3.39. The monoisotopic (exact) mass is 406 g/mol. The SMILES string of the molecule is COc1ccc(Cn2nnc3c2C2(CCC3OC(=O)Nc3ccccc3)CO2)cc1. The quantitative estimate of drug-likeness (QED) is 0.651. The van der Waals surface area contributed by atoms with Crippen molar-refractivity contribution < 1.29 is 19.0 Å². The van der Waals surface area contributed by atoms with Gasteiger partial charge in [0, 0.05) is 5.69 Å². The minimum Gasteiger partial charge on any atom is -0.497 e. The van der Waals surface area contributed by atoms with Crippen molar-refractivity contribution in [1.29, 1.82) is 0 Å². The van der Waals surface area contributed by atoms with Gasteiger partial charge in [-0.25, -0.2) is 9.48 Å². The Morgan fingerprint density at radius 2 is 2.00 bits per heavy atom. The standard InChI is InChI=1S/C22H22N4O4/c1-28-17-9-7-15(8-10-17)13-26-20-19(24-25-26)18(11-12-22(20)14-29-22)30-21(27)23-16-5-3-2-4-6-16/h2-10,18H,11-14H2,1H3,(H,23,27). The van der Waals surface area contributed by atoms with Gasteiger partial charge in [0.2, 0.25) is 0 Å². The zero-order chi connectivity index (χ0) is 20.6. The molecule has 2 heterocycles. The molecule has 0 bridgehead atoms. The molecule has 8 nitrogen and oxygen atoms in total. The van der Waals surface area contributed by atoms with Crippen LogP contribution < -0.4 is 10.1 Å². The maximum Gasteiger partial charge on any atom is 0.412 e. The molecule has 1 aliphatic carbocycles. The van der Waals surface area contributed by atoms with Gasteiger partial charge in [0.15, 0.2) is 0 Å². The molecule has 1 saturated heterocycles. The van der Waals surface area contributed by atoms with Crippen LogP contribution in [0, 0.1) is 0 Å². The molecule has 2 unspecified atom stereocenters. The van der Waals surface area contributed by atoms with E-state index in [4.69, 9.17) is 14.2 Å². The third kappa shape index (κ3) is 3.50. The van der Waals surface area contributed by atoms with Crippen molar-refractivity contribution in [2.45, 2.75) is 31.1 Å². The molecule has 1 amide bonds. The number of methoxy groups -OCH3 is 1. The van der Waals surface area contributed by atoms with Crippen molar-refractivity contribution in [3.63, 3.8) is 0 Å². The predicted molar refractivity (Wildman–Crippen MR) is 108 cm³/mol. The number of hydrogen-bond acceptors (Lipinski definition) is 6. The maximum atomic E-state index is 12.4. The Morgan fingerprint density at radius 1 is 1.23 bits per heavy atom. The van der Waals surface area contributed by atoms with Crippen LogP contribution in [0.5, 0.6) is 5.75 Å². The van der Waals surface area contributed by atoms with Gasteiger partial charge >= 0.3 is 6.09 Å². The third-order valence-electron chi connectivity index (χ3n) is 5.56. The summed E-state index contributed by atoms with van der Waals surface area (Å²) in [5.41, 5.74) is 2.98. The van der Waals surface area contributed by atoms with Crippen LogP contribution in [0.4, 0.5) is 10.5 Å². The van der Waals surface area contributed by atoms with Gasteiger partial charge < -0.3 is 14.2 Å². The molecule has 1 fully saturated rings. The van der Waals surface area contributed by atoms with E-state index in [-0.39, 0.29) is 5.60 Å². The summed E-state index contributed by atoms with van der Waals surface area (Å²) in [6.45, 7) is 1.19. The van der Waals surface area contributed by atoms with E-state index in [1.807, 2.05) is 59.3 Å². The number of nitrogens with zero attached hydrogens (tertiary/aromatic N) is 3. The first-order valence-electron chi connectivity index (χ1n) is 9.90. The molecular weight excluding hydrogens is 384 g/mol. The first kappa shape index (κ1) is 18.6. The molecule has 30 heavy (non-hydrogen) atoms. The normalized spacial score (nSPS) is 21.7. The second-order valence-electron chi connectivity index (χ2n) is 7.54. The van der Waals surface area contributed by atoms with Crippen molar-refractivity contribution >= 4 is 11.8 Å². The Labute approximate surface area is 173 Å². The number of hydrogen-bond donors (Lipinski definition) is 1. The van der Waals surface area contributed by atoms with Gasteiger partial charge in [-0.2, -0.15) is 0 Å². The van der Waals surface area contributed by atoms with Crippen molar-refractivity contribution in [2.24, 2.45) is 0 Å². The van der Waals surface area contributed by atoms with Crippen LogP contribution in [0.25, 0.3) is 0 Å². The van der Waals surface area contributed by atoms with Crippen LogP contribution in [0.3, 0.4) is 0 Å². The van der Waals surface area contributed by atoms with Crippen molar-refractivity contribution in [2.75, 3.05) is 19.0 Å². The number of amides is 1. The largest absolute Gasteiger partial charge is 0.497 e. The highest BCUT2D eigenvalue weighted by molar-refractivity contribution is 5.84. The Kier molecular flexibility index (Phi) is 4.63. The number of para-hydroxylation sites is 1. The fourth-order valence-electron chi connectivity index (χ4n) is 3.93. The molecule has 2 aliphatic rings. The van der Waals surface area contributed by atoms with Crippen LogP contribution in [-0.4, -0.2) is 34.8 Å². The smallest absolute Gasteiger partial charge is 0.412 e. The second-order valence-corrected chi connectivity index (χ2v) is 7.54. The maximum absolute atomic E-state index is 12.4. The summed E-state index contributed by atoms with van der Waals surface area (Å²) in [7, 11) is 1.64. The lowest BCUT2D eigenvalue weighted by Gasteiger charge is -2.26. The number of ether oxygens (including phenoxy) is 3. The van der Waals surface area contributed by atoms with Crippen LogP contribution in [0.2, 0.25) is 0 Å². The van der Waals surface area contributed by atoms with Gasteiger partial charge in [-0.1, -0.05) is 35.5 Å². The second kappa shape index (κ2) is 7.46. The highest BCUT2D eigenvalue weighted by atomic mass is 16.6. The molecule has 2 aromatic carbocycles. The molecule has 5 rings (SSSR count). The molecule has 1 spiro atoms. The average molecular weight is 406 g/mol. The van der Waals surface area contributed by atoms with Crippen molar-refractivity contribution in [1.82, 2.24) is 15.0 Å². The third-order valence-corrected chi connectivity index (χ3v) is 5.56. The zero-order valence-electron chi connectivity index (χ0n) is 16.6. The first-order chi connectivity index (χ1) is 14.7. The highest BCUT2D eigenvalue weighted by Crippen LogP contribution is 2.51. The van der Waals surface area contributed by atoms with Crippen LogP contribution in [0.1, 0.15) is 35.9 Å². The molecule has 154 valence electrons. The summed E-state index contributed by atoms with van der Waals surface area (Å²) in [5, 5.41) is 11.5. The summed E-state index contributed by atoms with van der Waals surface area (Å²) >= 11 is 0. The number of anilines is 1. The summed E-state index contributed by atoms with van der Waals surface area (Å²) in [6, 6.07) is 17.1. The number of aromatic nitrogens is 3. The van der Waals surface area contributed by atoms with Crippen LogP contribution in [0.15, 0.2) is 54.6 Å². The summed E-state index contributed by atoms with van der Waals surface area (Å²) in [6.07, 6.45) is 0.452. The first-order valence-corrected chi connectivity index (χ1v) is 9.90. The Morgan fingerprint density at radius 3 is 2.70 bits per heavy atom. The molecule has 0 radical (unpaired) electrons. The molecule has 0 saturated carbocycles. The van der Waals surface area contributed by atoms with Gasteiger partial charge in [-0.3, -0.25) is 5.32 Å². The Balaban J connectivity index is 1.36. The summed E-state index contributed by atoms with van der Waals surface area (Å²) in [5.74, 6) is 0.805. The van der Waals surface area contributed by atoms with E-state index in [2.05, 4.69) is 15.6 Å². The van der Waals surface area contributed by atoms with E-state index < -0.39 is 12.2 Å². The fourth-order valence-corrected chi connectivity index (χ4v) is 3.93. The van der Waals surface area contributed by atoms with Gasteiger partial charge in [-0.15, -0.1) is 5.10 Å². The number of benzene rings is 2. The van der Waals surface area contributed by atoms with Gasteiger partial charge in [0.1, 0.15) is 28.8 Å². The molecule has 3 aromatic rings. The van der Waals surface area contributed by atoms with Gasteiger partial charge in [0.25, 0.3) is 0 Å². The number of nitrogens with one attached hydrogen (secondary N) is 1. The number of carbonyl (C=O) groups excluding carboxylic acids is 1. The minimum absolute atomic E-state index is 0.360. The van der Waals surface area contributed by atoms with E-state index in [0.717, 1.165) is 23.4 Å². The molecule has 8 heteroatoms. The van der Waals surface area contributed by atoms with Crippen LogP contribution in [-0.2, 0) is 21.6 Å². The van der Waals surface area contributed by atoms with Gasteiger partial charge in [0.05, 0.1) is 20.3 Å². The van der Waals surface area contributed by atoms with E-state index in [1.54, 1.807) is 7.11 Å². The zero-order valence-corrected chi connectivity index (χ0v) is 16.6. The van der Waals surface area contributed by atoms with E-state index in [0.29, 0.717) is 31.0 Å². The van der Waals surface area contributed by atoms with Crippen LogP contribution >= 0.6 is 0 Å². The molecule has 1 aliphatic heterocycles. The average Bonchev–Trinajstić information content (AvgIpc) is 3.41. The lowest BCUT2D eigenvalue weighted by molar-refractivity contribution is 0.0833. The highest BCUT2D eigenvalue weighted by Gasteiger charge is 2.55. The van der Waals surface area contributed by atoms with Crippen molar-refractivity contribution in [3.05, 3.63) is 71.5 Å². The minimum atomic E-state index is -0.505. The fraction of sp³-hybridized carbons (Fsp3) is 0.318. The lowest BCUT2D eigenvalue weighted by atomic mass is 9.88. The number of rotatable bonds is 5. The van der Waals surface area contributed by atoms with E-state index >= 15 is 0 Å². The number of epoxide rings is 1. The topological polar surface area (TPSA) is 90.8 Å². The molecule has 2 atom stereocenters. The summed E-state index contributed by atoms with van der Waals surface area (Å²) in [4.78, 5) is 12.4. The van der Waals surface area contributed by atoms with E-state index in [9.17, 15) is 4.79 Å².